The average molecular weight is 363 g/mol. The van der Waals surface area contributed by atoms with Gasteiger partial charge in [0.15, 0.2) is 0 Å². The Bertz CT molecular complexity index is 307. The third kappa shape index (κ3) is 11.5. The molecule has 0 radical (unpaired) electrons. The Hall–Kier alpha value is 1.02. The predicted molar refractivity (Wildman–Crippen MR) is 61.8 cm³/mol. The van der Waals surface area contributed by atoms with Crippen molar-refractivity contribution in [1.82, 2.24) is 0 Å². The van der Waals surface area contributed by atoms with Crippen LogP contribution in [0.5, 0.6) is 0 Å². The summed E-state index contributed by atoms with van der Waals surface area (Å²) in [6.45, 7) is 6.50. The first kappa shape index (κ1) is 19.4. The van der Waals surface area contributed by atoms with Gasteiger partial charge in [0.05, 0.1) is 0 Å². The van der Waals surface area contributed by atoms with Crippen LogP contribution in [0.4, 0.5) is 8.78 Å². The normalized spacial score (nSPS) is 9.62. The van der Waals surface area contributed by atoms with Gasteiger partial charge in [0, 0.05) is 12.3 Å². The number of benzene rings is 1. The molecule has 16 heavy (non-hydrogen) atoms. The summed E-state index contributed by atoms with van der Waals surface area (Å²) in [6.07, 6.45) is 1.21. The van der Waals surface area contributed by atoms with Gasteiger partial charge in [0.2, 0.25) is 0 Å². The minimum Gasteiger partial charge on any atom is -0.669 e. The van der Waals surface area contributed by atoms with Crippen LogP contribution in [-0.4, -0.2) is 6.21 Å². The summed E-state index contributed by atoms with van der Waals surface area (Å²) in [5.74, 6) is -0.426. The van der Waals surface area contributed by atoms with Crippen molar-refractivity contribution in [2.24, 2.45) is 10.3 Å². The van der Waals surface area contributed by atoms with E-state index in [9.17, 15) is 8.78 Å². The number of nitrogens with zero attached hydrogens (tertiary/aromatic N) is 1. The fraction of sp³-hybridized carbons (Fsp3) is 0.364. The first-order valence-electron chi connectivity index (χ1n) is 4.57. The van der Waals surface area contributed by atoms with Crippen LogP contribution in [-0.2, 0) is 12.8 Å². The van der Waals surface area contributed by atoms with E-state index in [2.05, 4.69) is 38.0 Å². The van der Waals surface area contributed by atoms with Gasteiger partial charge < -0.3 is 17.2 Å². The van der Waals surface area contributed by atoms with E-state index in [1.54, 1.807) is 0 Å². The summed E-state index contributed by atoms with van der Waals surface area (Å²) in [6, 6.07) is 3.10. The molecule has 0 saturated heterocycles. The van der Waals surface area contributed by atoms with Gasteiger partial charge in [-0.05, 0) is 23.6 Å². The molecule has 0 unspecified atom stereocenters. The van der Waals surface area contributed by atoms with E-state index in [-0.39, 0.29) is 68.9 Å². The van der Waals surface area contributed by atoms with Crippen molar-refractivity contribution in [3.8, 4) is 0 Å². The summed E-state index contributed by atoms with van der Waals surface area (Å²) in [5, 5.41) is 0. The van der Waals surface area contributed by atoms with Gasteiger partial charge in [-0.25, -0.2) is 8.78 Å². The van der Waals surface area contributed by atoms with Crippen molar-refractivity contribution in [2.45, 2.75) is 20.8 Å². The van der Waals surface area contributed by atoms with Crippen LogP contribution in [0.15, 0.2) is 22.6 Å². The molecule has 1 nitrogen and oxygen atoms in total. The SMILES string of the molecule is CC(C)C.Fc1cc(F)cc(/C=N/[S-])c1.[Cs+]. The van der Waals surface area contributed by atoms with Gasteiger partial charge in [-0.1, -0.05) is 20.8 Å². The Balaban J connectivity index is 0. The Kier molecular flexibility index (Phi) is 13.5. The molecule has 0 saturated carbocycles. The maximum absolute atomic E-state index is 12.4. The molecule has 1 aromatic rings. The molecule has 1 rings (SSSR count). The zero-order chi connectivity index (χ0) is 11.8. The summed E-state index contributed by atoms with van der Waals surface area (Å²) < 4.78 is 28.0. The number of hydrogen-bond donors (Lipinski definition) is 0. The van der Waals surface area contributed by atoms with E-state index in [4.69, 9.17) is 0 Å². The maximum atomic E-state index is 12.4. The fourth-order valence-electron chi connectivity index (χ4n) is 0.711. The molecule has 5 heteroatoms. The molecular formula is C11H14CsF2NS. The van der Waals surface area contributed by atoms with Gasteiger partial charge >= 0.3 is 68.9 Å². The van der Waals surface area contributed by atoms with Crippen LogP contribution in [0.3, 0.4) is 0 Å². The zero-order valence-electron chi connectivity index (χ0n) is 10.00. The maximum Gasteiger partial charge on any atom is 1.00 e. The average Bonchev–Trinajstić information content (AvgIpc) is 2.00. The van der Waals surface area contributed by atoms with Crippen molar-refractivity contribution in [3.63, 3.8) is 0 Å². The Morgan fingerprint density at radius 3 is 1.81 bits per heavy atom. The molecule has 0 heterocycles. The predicted octanol–water partition coefficient (Wildman–Crippen LogP) is 0.512. The van der Waals surface area contributed by atoms with Crippen molar-refractivity contribution in [1.29, 1.82) is 0 Å². The minimum absolute atomic E-state index is 0. The second-order valence-corrected chi connectivity index (χ2v) is 3.88. The topological polar surface area (TPSA) is 12.4 Å². The number of halogens is 2. The monoisotopic (exact) mass is 363 g/mol. The van der Waals surface area contributed by atoms with E-state index in [0.717, 1.165) is 24.1 Å². The Morgan fingerprint density at radius 2 is 1.50 bits per heavy atom. The third-order valence-corrected chi connectivity index (χ3v) is 1.19. The smallest absolute Gasteiger partial charge is 0.669 e. The largest absolute Gasteiger partial charge is 1.00 e. The van der Waals surface area contributed by atoms with Crippen molar-refractivity contribution >= 4 is 19.0 Å². The molecule has 0 amide bonds. The van der Waals surface area contributed by atoms with Crippen LogP contribution in [0.1, 0.15) is 26.3 Å². The summed E-state index contributed by atoms with van der Waals surface area (Å²) >= 11 is 4.25. The van der Waals surface area contributed by atoms with E-state index >= 15 is 0 Å². The second-order valence-electron chi connectivity index (χ2n) is 3.67. The number of hydrogen-bond acceptors (Lipinski definition) is 2. The molecule has 0 aromatic heterocycles. The van der Waals surface area contributed by atoms with E-state index in [0.29, 0.717) is 5.56 Å². The van der Waals surface area contributed by atoms with Gasteiger partial charge in [-0.2, -0.15) is 0 Å². The Labute approximate surface area is 160 Å². The quantitative estimate of drug-likeness (QED) is 0.523. The molecule has 0 bridgehead atoms. The van der Waals surface area contributed by atoms with Gasteiger partial charge in [0.25, 0.3) is 0 Å². The van der Waals surface area contributed by atoms with E-state index < -0.39 is 11.6 Å². The Morgan fingerprint density at radius 1 is 1.12 bits per heavy atom. The van der Waals surface area contributed by atoms with Crippen molar-refractivity contribution < 1.29 is 77.7 Å². The standard InChI is InChI=1S/C7H5F2NS.C4H10.Cs/c8-6-1-5(4-10-11)2-7(9)3-6;1-4(2)3;/h1-4,11H;4H,1-3H3;/q;;+1/p-1/b10-4+;;. The van der Waals surface area contributed by atoms with Crippen LogP contribution in [0, 0.1) is 17.6 Å². The van der Waals surface area contributed by atoms with Gasteiger partial charge in [0.1, 0.15) is 11.6 Å². The van der Waals surface area contributed by atoms with Crippen molar-refractivity contribution in [3.05, 3.63) is 35.4 Å². The molecule has 0 aliphatic carbocycles. The van der Waals surface area contributed by atoms with E-state index in [1.165, 1.54) is 6.21 Å². The molecule has 0 atom stereocenters. The second kappa shape index (κ2) is 11.1. The number of rotatable bonds is 1. The van der Waals surface area contributed by atoms with E-state index in [1.807, 2.05) is 0 Å². The summed E-state index contributed by atoms with van der Waals surface area (Å²) in [7, 11) is 0. The molecule has 1 aromatic carbocycles. The molecule has 0 fully saturated rings. The molecule has 0 spiro atoms. The van der Waals surface area contributed by atoms with Crippen LogP contribution in [0.2, 0.25) is 0 Å². The minimum atomic E-state index is -0.630. The first-order valence-corrected chi connectivity index (χ1v) is 4.94. The zero-order valence-corrected chi connectivity index (χ0v) is 17.1. The molecule has 84 valence electrons. The molecule has 0 aliphatic heterocycles. The van der Waals surface area contributed by atoms with Crippen molar-refractivity contribution in [2.75, 3.05) is 0 Å². The van der Waals surface area contributed by atoms with Gasteiger partial charge in [-0.15, -0.1) is 0 Å². The summed E-state index contributed by atoms with van der Waals surface area (Å²) in [4.78, 5) is 0. The fourth-order valence-corrected chi connectivity index (χ4v) is 0.832. The van der Waals surface area contributed by atoms with Crippen LogP contribution in [0.25, 0.3) is 0 Å². The molecule has 0 aliphatic rings. The van der Waals surface area contributed by atoms with Crippen LogP contribution >= 0.6 is 0 Å². The summed E-state index contributed by atoms with van der Waals surface area (Å²) in [5.41, 5.74) is 0.331. The molecule has 0 N–H and O–H groups in total. The third-order valence-electron chi connectivity index (χ3n) is 1.09. The first-order chi connectivity index (χ1) is 6.95. The van der Waals surface area contributed by atoms with Gasteiger partial charge in [-0.3, -0.25) is 0 Å². The molecular weight excluding hydrogens is 349 g/mol. The van der Waals surface area contributed by atoms with Crippen LogP contribution < -0.4 is 68.9 Å².